The third-order valence-corrected chi connectivity index (χ3v) is 7.82. The fourth-order valence-corrected chi connectivity index (χ4v) is 5.96. The maximum Gasteiger partial charge on any atom is 0.254 e. The van der Waals surface area contributed by atoms with Gasteiger partial charge in [-0.1, -0.05) is 18.2 Å². The zero-order chi connectivity index (χ0) is 24.4. The van der Waals surface area contributed by atoms with E-state index in [9.17, 15) is 13.6 Å². The average Bonchev–Trinajstić information content (AvgIpc) is 3.14. The standard InChI is InChI=1S/C28H27F2NO3S/c1-33-23-3-2-4-25(16-23)35-17-18-5-7-19(8-6-18)28(32)31-21-10-11-22(31)15-24(14-21)34-27-12-9-20(29)13-26(27)30/h2-9,12-13,16,21-22,24H,10-11,14-15,17H2,1H3. The van der Waals surface area contributed by atoms with E-state index in [1.54, 1.807) is 18.9 Å². The Morgan fingerprint density at radius 3 is 2.43 bits per heavy atom. The number of piperidine rings is 1. The quantitative estimate of drug-likeness (QED) is 0.352. The van der Waals surface area contributed by atoms with Crippen LogP contribution in [0.2, 0.25) is 0 Å². The first kappa shape index (κ1) is 23.7. The van der Waals surface area contributed by atoms with Crippen LogP contribution in [-0.2, 0) is 5.75 Å². The minimum absolute atomic E-state index is 0.0379. The van der Waals surface area contributed by atoms with Crippen molar-refractivity contribution in [3.8, 4) is 11.5 Å². The molecule has 2 bridgehead atoms. The summed E-state index contributed by atoms with van der Waals surface area (Å²) in [6.45, 7) is 0. The summed E-state index contributed by atoms with van der Waals surface area (Å²) in [5.74, 6) is 0.424. The number of carbonyl (C=O) groups excluding carboxylic acids is 1. The third kappa shape index (κ3) is 5.30. The number of halogens is 2. The zero-order valence-electron chi connectivity index (χ0n) is 19.5. The van der Waals surface area contributed by atoms with Gasteiger partial charge in [0.1, 0.15) is 17.7 Å². The summed E-state index contributed by atoms with van der Waals surface area (Å²) in [5.41, 5.74) is 1.83. The number of methoxy groups -OCH3 is 1. The molecular formula is C28H27F2NO3S. The van der Waals surface area contributed by atoms with Gasteiger partial charge < -0.3 is 14.4 Å². The second kappa shape index (κ2) is 10.3. The van der Waals surface area contributed by atoms with E-state index in [-0.39, 0.29) is 29.8 Å². The maximum atomic E-state index is 14.0. The Bertz CT molecular complexity index is 1190. The van der Waals surface area contributed by atoms with Crippen molar-refractivity contribution in [3.05, 3.63) is 89.5 Å². The average molecular weight is 496 g/mol. The van der Waals surface area contributed by atoms with E-state index in [2.05, 4.69) is 6.07 Å². The van der Waals surface area contributed by atoms with Crippen LogP contribution in [0.1, 0.15) is 41.6 Å². The van der Waals surface area contributed by atoms with E-state index in [1.807, 2.05) is 47.4 Å². The molecular weight excluding hydrogens is 468 g/mol. The summed E-state index contributed by atoms with van der Waals surface area (Å²) >= 11 is 1.72. The van der Waals surface area contributed by atoms with Crippen molar-refractivity contribution in [2.24, 2.45) is 0 Å². The van der Waals surface area contributed by atoms with Crippen LogP contribution in [0.15, 0.2) is 71.6 Å². The fraction of sp³-hybridized carbons (Fsp3) is 0.321. The number of hydrogen-bond acceptors (Lipinski definition) is 4. The van der Waals surface area contributed by atoms with Gasteiger partial charge in [0.15, 0.2) is 11.6 Å². The topological polar surface area (TPSA) is 38.8 Å². The molecule has 4 nitrogen and oxygen atoms in total. The van der Waals surface area contributed by atoms with Gasteiger partial charge in [0.2, 0.25) is 0 Å². The molecule has 0 spiro atoms. The van der Waals surface area contributed by atoms with Crippen molar-refractivity contribution in [2.45, 2.75) is 54.5 Å². The Labute approximate surface area is 208 Å². The van der Waals surface area contributed by atoms with E-state index >= 15 is 0 Å². The van der Waals surface area contributed by atoms with Crippen LogP contribution >= 0.6 is 11.8 Å². The Hall–Kier alpha value is -3.06. The van der Waals surface area contributed by atoms with Crippen molar-refractivity contribution < 1.29 is 23.0 Å². The predicted octanol–water partition coefficient (Wildman–Crippen LogP) is 6.48. The van der Waals surface area contributed by atoms with Crippen LogP contribution in [0.5, 0.6) is 11.5 Å². The zero-order valence-corrected chi connectivity index (χ0v) is 20.3. The highest BCUT2D eigenvalue weighted by Gasteiger charge is 2.44. The molecule has 7 heteroatoms. The van der Waals surface area contributed by atoms with Crippen molar-refractivity contribution in [2.75, 3.05) is 7.11 Å². The van der Waals surface area contributed by atoms with Crippen LogP contribution in [0.3, 0.4) is 0 Å². The normalized spacial score (nSPS) is 21.1. The number of carbonyl (C=O) groups is 1. The van der Waals surface area contributed by atoms with Gasteiger partial charge in [-0.25, -0.2) is 8.78 Å². The molecule has 2 unspecified atom stereocenters. The SMILES string of the molecule is COc1cccc(SCc2ccc(C(=O)N3C4CCC3CC(Oc3ccc(F)cc3F)C4)cc2)c1. The van der Waals surface area contributed by atoms with Crippen molar-refractivity contribution in [1.82, 2.24) is 4.90 Å². The first-order valence-electron chi connectivity index (χ1n) is 11.8. The van der Waals surface area contributed by atoms with Gasteiger partial charge in [0.25, 0.3) is 5.91 Å². The summed E-state index contributed by atoms with van der Waals surface area (Å²) in [6.07, 6.45) is 2.94. The maximum absolute atomic E-state index is 14.0. The molecule has 0 saturated carbocycles. The van der Waals surface area contributed by atoms with E-state index in [1.165, 1.54) is 12.1 Å². The summed E-state index contributed by atoms with van der Waals surface area (Å²) in [7, 11) is 1.66. The molecule has 2 saturated heterocycles. The van der Waals surface area contributed by atoms with Gasteiger partial charge in [0.05, 0.1) is 7.11 Å². The molecule has 182 valence electrons. The van der Waals surface area contributed by atoms with Crippen molar-refractivity contribution in [1.29, 1.82) is 0 Å². The summed E-state index contributed by atoms with van der Waals surface area (Å²) in [4.78, 5) is 16.5. The molecule has 2 heterocycles. The van der Waals surface area contributed by atoms with E-state index in [0.717, 1.165) is 40.9 Å². The number of ether oxygens (including phenoxy) is 2. The molecule has 0 radical (unpaired) electrons. The van der Waals surface area contributed by atoms with Gasteiger partial charge in [0, 0.05) is 47.2 Å². The smallest absolute Gasteiger partial charge is 0.254 e. The number of fused-ring (bicyclic) bond motifs is 2. The molecule has 3 aromatic carbocycles. The molecule has 0 aliphatic carbocycles. The highest BCUT2D eigenvalue weighted by molar-refractivity contribution is 7.98. The first-order valence-corrected chi connectivity index (χ1v) is 12.8. The molecule has 35 heavy (non-hydrogen) atoms. The number of nitrogens with zero attached hydrogens (tertiary/aromatic N) is 1. The summed E-state index contributed by atoms with van der Waals surface area (Å²) in [6, 6.07) is 19.3. The first-order chi connectivity index (χ1) is 17.0. The Balaban J connectivity index is 1.20. The molecule has 0 N–H and O–H groups in total. The van der Waals surface area contributed by atoms with Crippen molar-refractivity contribution in [3.63, 3.8) is 0 Å². The van der Waals surface area contributed by atoms with Crippen LogP contribution in [0, 0.1) is 11.6 Å². The molecule has 3 aromatic rings. The molecule has 2 atom stereocenters. The molecule has 2 aliphatic heterocycles. The van der Waals surface area contributed by atoms with Gasteiger partial charge in [-0.2, -0.15) is 0 Å². The lowest BCUT2D eigenvalue weighted by Crippen LogP contribution is -2.49. The Morgan fingerprint density at radius 2 is 1.74 bits per heavy atom. The fourth-order valence-electron chi connectivity index (χ4n) is 5.06. The molecule has 2 aliphatic rings. The van der Waals surface area contributed by atoms with E-state index < -0.39 is 11.6 Å². The molecule has 5 rings (SSSR count). The van der Waals surface area contributed by atoms with Gasteiger partial charge in [-0.05, 0) is 60.9 Å². The van der Waals surface area contributed by atoms with E-state index in [0.29, 0.717) is 18.4 Å². The number of hydrogen-bond donors (Lipinski definition) is 0. The Morgan fingerprint density at radius 1 is 1.00 bits per heavy atom. The van der Waals surface area contributed by atoms with Crippen LogP contribution in [0.4, 0.5) is 8.78 Å². The number of thioether (sulfide) groups is 1. The molecule has 2 fully saturated rings. The minimum atomic E-state index is -0.694. The highest BCUT2D eigenvalue weighted by atomic mass is 32.2. The predicted molar refractivity (Wildman–Crippen MR) is 132 cm³/mol. The molecule has 0 aromatic heterocycles. The molecule has 1 amide bonds. The largest absolute Gasteiger partial charge is 0.497 e. The van der Waals surface area contributed by atoms with Crippen LogP contribution < -0.4 is 9.47 Å². The number of benzene rings is 3. The Kier molecular flexibility index (Phi) is 6.95. The lowest BCUT2D eigenvalue weighted by molar-refractivity contribution is 0.0349. The summed E-state index contributed by atoms with van der Waals surface area (Å²) in [5, 5.41) is 0. The van der Waals surface area contributed by atoms with E-state index in [4.69, 9.17) is 9.47 Å². The lowest BCUT2D eigenvalue weighted by Gasteiger charge is -2.39. The summed E-state index contributed by atoms with van der Waals surface area (Å²) < 4.78 is 38.4. The van der Waals surface area contributed by atoms with Gasteiger partial charge >= 0.3 is 0 Å². The van der Waals surface area contributed by atoms with Crippen LogP contribution in [-0.4, -0.2) is 36.1 Å². The lowest BCUT2D eigenvalue weighted by atomic mass is 9.98. The monoisotopic (exact) mass is 495 g/mol. The highest BCUT2D eigenvalue weighted by Crippen LogP contribution is 2.38. The van der Waals surface area contributed by atoms with Gasteiger partial charge in [-0.15, -0.1) is 11.8 Å². The second-order valence-electron chi connectivity index (χ2n) is 9.05. The second-order valence-corrected chi connectivity index (χ2v) is 10.1. The third-order valence-electron chi connectivity index (χ3n) is 6.76. The number of rotatable bonds is 7. The van der Waals surface area contributed by atoms with Crippen molar-refractivity contribution >= 4 is 17.7 Å². The number of amides is 1. The van der Waals surface area contributed by atoms with Crippen LogP contribution in [0.25, 0.3) is 0 Å². The minimum Gasteiger partial charge on any atom is -0.497 e. The van der Waals surface area contributed by atoms with Gasteiger partial charge in [-0.3, -0.25) is 4.79 Å².